The summed E-state index contributed by atoms with van der Waals surface area (Å²) in [6.45, 7) is 9.68. The standard InChI is InChI=1S/C14H16N2O4S/c1-5-19-7(3)11-15-12(17)10-9(14(18)20-6-2)8(4)21-13(10)16-11/h3,5-6H2,1-2,4H3,(H,15,16,17). The summed E-state index contributed by atoms with van der Waals surface area (Å²) in [6, 6.07) is 0. The van der Waals surface area contributed by atoms with Crippen LogP contribution in [-0.2, 0) is 9.47 Å². The monoisotopic (exact) mass is 308 g/mol. The SMILES string of the molecule is C=C(OCC)c1nc2sc(C)c(C(=O)OCC)c2c(=O)[nH]1. The van der Waals surface area contributed by atoms with E-state index < -0.39 is 11.5 Å². The highest BCUT2D eigenvalue weighted by molar-refractivity contribution is 7.19. The molecule has 0 saturated heterocycles. The number of carbonyl (C=O) groups is 1. The second kappa shape index (κ2) is 6.09. The number of hydrogen-bond acceptors (Lipinski definition) is 6. The molecule has 0 atom stereocenters. The highest BCUT2D eigenvalue weighted by Gasteiger charge is 2.22. The van der Waals surface area contributed by atoms with Crippen LogP contribution in [0.5, 0.6) is 0 Å². The van der Waals surface area contributed by atoms with Gasteiger partial charge in [-0.25, -0.2) is 9.78 Å². The molecule has 0 aliphatic heterocycles. The van der Waals surface area contributed by atoms with Crippen LogP contribution in [0.4, 0.5) is 0 Å². The summed E-state index contributed by atoms with van der Waals surface area (Å²) in [6.07, 6.45) is 0. The molecule has 2 aromatic heterocycles. The maximum absolute atomic E-state index is 12.3. The van der Waals surface area contributed by atoms with Crippen LogP contribution in [0.1, 0.15) is 34.9 Å². The molecule has 2 heterocycles. The third kappa shape index (κ3) is 2.82. The number of thiophene rings is 1. The summed E-state index contributed by atoms with van der Waals surface area (Å²) in [7, 11) is 0. The summed E-state index contributed by atoms with van der Waals surface area (Å²) in [5.74, 6) is 0.0520. The lowest BCUT2D eigenvalue weighted by Crippen LogP contribution is -2.15. The predicted molar refractivity (Wildman–Crippen MR) is 81.6 cm³/mol. The van der Waals surface area contributed by atoms with Crippen LogP contribution >= 0.6 is 11.3 Å². The molecular weight excluding hydrogens is 292 g/mol. The van der Waals surface area contributed by atoms with Crippen LogP contribution in [0.3, 0.4) is 0 Å². The van der Waals surface area contributed by atoms with Gasteiger partial charge in [-0.2, -0.15) is 0 Å². The second-order valence-electron chi connectivity index (χ2n) is 4.20. The smallest absolute Gasteiger partial charge is 0.340 e. The summed E-state index contributed by atoms with van der Waals surface area (Å²) in [5, 5.41) is 0.254. The van der Waals surface area contributed by atoms with Crippen molar-refractivity contribution in [2.75, 3.05) is 13.2 Å². The zero-order valence-electron chi connectivity index (χ0n) is 12.1. The largest absolute Gasteiger partial charge is 0.491 e. The predicted octanol–water partition coefficient (Wildman–Crippen LogP) is 2.48. The molecule has 0 bridgehead atoms. The van der Waals surface area contributed by atoms with Gasteiger partial charge in [-0.1, -0.05) is 6.58 Å². The Hall–Kier alpha value is -2.15. The van der Waals surface area contributed by atoms with Crippen molar-refractivity contribution in [1.82, 2.24) is 9.97 Å². The molecule has 0 amide bonds. The Kier molecular flexibility index (Phi) is 4.42. The van der Waals surface area contributed by atoms with Gasteiger partial charge >= 0.3 is 5.97 Å². The van der Waals surface area contributed by atoms with E-state index in [0.717, 1.165) is 0 Å². The molecule has 21 heavy (non-hydrogen) atoms. The van der Waals surface area contributed by atoms with Crippen LogP contribution in [0.25, 0.3) is 16.0 Å². The normalized spacial score (nSPS) is 10.6. The zero-order chi connectivity index (χ0) is 15.6. The number of ether oxygens (including phenoxy) is 2. The zero-order valence-corrected chi connectivity index (χ0v) is 12.9. The van der Waals surface area contributed by atoms with Crippen LogP contribution < -0.4 is 5.56 Å². The van der Waals surface area contributed by atoms with Gasteiger partial charge < -0.3 is 14.5 Å². The molecule has 0 aromatic carbocycles. The number of H-pyrrole nitrogens is 1. The minimum absolute atomic E-state index is 0.250. The number of aromatic amines is 1. The minimum Gasteiger partial charge on any atom is -0.491 e. The van der Waals surface area contributed by atoms with Crippen molar-refractivity contribution in [2.45, 2.75) is 20.8 Å². The van der Waals surface area contributed by atoms with E-state index in [0.29, 0.717) is 22.1 Å². The van der Waals surface area contributed by atoms with E-state index in [1.807, 2.05) is 6.92 Å². The van der Waals surface area contributed by atoms with Gasteiger partial charge in [0, 0.05) is 4.88 Å². The van der Waals surface area contributed by atoms with Gasteiger partial charge in [0.2, 0.25) is 0 Å². The van der Waals surface area contributed by atoms with Gasteiger partial charge in [-0.05, 0) is 20.8 Å². The molecule has 112 valence electrons. The summed E-state index contributed by atoms with van der Waals surface area (Å²) in [5.41, 5.74) is -0.123. The molecular formula is C14H16N2O4S. The van der Waals surface area contributed by atoms with Gasteiger partial charge in [0.1, 0.15) is 4.83 Å². The average Bonchev–Trinajstić information content (AvgIpc) is 2.76. The molecule has 0 radical (unpaired) electrons. The number of hydrogen-bond donors (Lipinski definition) is 1. The number of aromatic nitrogens is 2. The number of aryl methyl sites for hydroxylation is 1. The Labute approximate surface area is 125 Å². The number of nitrogens with one attached hydrogen (secondary N) is 1. The van der Waals surface area contributed by atoms with E-state index in [-0.39, 0.29) is 23.4 Å². The summed E-state index contributed by atoms with van der Waals surface area (Å²) < 4.78 is 10.2. The van der Waals surface area contributed by atoms with Gasteiger partial charge in [-0.15, -0.1) is 11.3 Å². The molecule has 2 aromatic rings. The van der Waals surface area contributed by atoms with Crippen molar-refractivity contribution >= 4 is 33.3 Å². The molecule has 2 rings (SSSR count). The first-order valence-corrected chi connectivity index (χ1v) is 7.33. The fraction of sp³-hybridized carbons (Fsp3) is 0.357. The lowest BCUT2D eigenvalue weighted by molar-refractivity contribution is 0.0528. The van der Waals surface area contributed by atoms with E-state index in [4.69, 9.17) is 9.47 Å². The first-order valence-electron chi connectivity index (χ1n) is 6.52. The molecule has 1 N–H and O–H groups in total. The van der Waals surface area contributed by atoms with E-state index >= 15 is 0 Å². The molecule has 0 saturated carbocycles. The van der Waals surface area contributed by atoms with Crippen molar-refractivity contribution < 1.29 is 14.3 Å². The maximum Gasteiger partial charge on any atom is 0.340 e. The second-order valence-corrected chi connectivity index (χ2v) is 5.41. The number of nitrogens with zero attached hydrogens (tertiary/aromatic N) is 1. The van der Waals surface area contributed by atoms with E-state index in [9.17, 15) is 9.59 Å². The topological polar surface area (TPSA) is 81.3 Å². The number of carbonyl (C=O) groups excluding carboxylic acids is 1. The minimum atomic E-state index is -0.509. The molecule has 7 heteroatoms. The van der Waals surface area contributed by atoms with Crippen molar-refractivity contribution in [3.05, 3.63) is 33.2 Å². The first kappa shape index (κ1) is 15.2. The fourth-order valence-electron chi connectivity index (χ4n) is 1.94. The number of esters is 1. The van der Waals surface area contributed by atoms with Crippen LogP contribution in [-0.4, -0.2) is 29.2 Å². The molecule has 0 spiro atoms. The van der Waals surface area contributed by atoms with Gasteiger partial charge in [0.05, 0.1) is 24.2 Å². The molecule has 0 unspecified atom stereocenters. The molecule has 0 aliphatic carbocycles. The van der Waals surface area contributed by atoms with Gasteiger partial charge in [-0.3, -0.25) is 4.79 Å². The van der Waals surface area contributed by atoms with Crippen LogP contribution in [0.2, 0.25) is 0 Å². The average molecular weight is 308 g/mol. The quantitative estimate of drug-likeness (QED) is 0.678. The van der Waals surface area contributed by atoms with Gasteiger partial charge in [0.25, 0.3) is 5.56 Å². The molecule has 0 aliphatic rings. The fourth-order valence-corrected chi connectivity index (χ4v) is 2.95. The Morgan fingerprint density at radius 2 is 2.00 bits per heavy atom. The van der Waals surface area contributed by atoms with Crippen molar-refractivity contribution in [3.8, 4) is 0 Å². The van der Waals surface area contributed by atoms with Gasteiger partial charge in [0.15, 0.2) is 11.6 Å². The highest BCUT2D eigenvalue weighted by Crippen LogP contribution is 2.28. The van der Waals surface area contributed by atoms with Crippen molar-refractivity contribution in [3.63, 3.8) is 0 Å². The molecule has 6 nitrogen and oxygen atoms in total. The summed E-state index contributed by atoms with van der Waals surface area (Å²) in [4.78, 5) is 32.3. The first-order chi connectivity index (χ1) is 9.99. The van der Waals surface area contributed by atoms with E-state index in [2.05, 4.69) is 16.5 Å². The van der Waals surface area contributed by atoms with E-state index in [1.165, 1.54) is 11.3 Å². The highest BCUT2D eigenvalue weighted by atomic mass is 32.1. The lowest BCUT2D eigenvalue weighted by Gasteiger charge is -2.05. The Bertz CT molecular complexity index is 760. The molecule has 0 fully saturated rings. The van der Waals surface area contributed by atoms with E-state index in [1.54, 1.807) is 13.8 Å². The number of fused-ring (bicyclic) bond motifs is 1. The third-order valence-corrected chi connectivity index (χ3v) is 3.80. The Morgan fingerprint density at radius 1 is 1.33 bits per heavy atom. The summed E-state index contributed by atoms with van der Waals surface area (Å²) >= 11 is 1.27. The third-order valence-electron chi connectivity index (χ3n) is 2.80. The number of rotatable bonds is 5. The Morgan fingerprint density at radius 3 is 2.62 bits per heavy atom. The van der Waals surface area contributed by atoms with Crippen molar-refractivity contribution in [2.24, 2.45) is 0 Å². The Balaban J connectivity index is 2.61. The van der Waals surface area contributed by atoms with Crippen molar-refractivity contribution in [1.29, 1.82) is 0 Å². The van der Waals surface area contributed by atoms with Crippen LogP contribution in [0, 0.1) is 6.92 Å². The lowest BCUT2D eigenvalue weighted by atomic mass is 10.2. The van der Waals surface area contributed by atoms with Crippen LogP contribution in [0.15, 0.2) is 11.4 Å². The maximum atomic E-state index is 12.3.